The minimum Gasteiger partial charge on any atom is -0.381 e. The SMILES string of the molecule is CC(C)N(C)C(=O)C1CCCOC1. The molecule has 0 saturated carbocycles. The van der Waals surface area contributed by atoms with Gasteiger partial charge in [-0.25, -0.2) is 0 Å². The molecule has 1 unspecified atom stereocenters. The van der Waals surface area contributed by atoms with Gasteiger partial charge in [0.05, 0.1) is 12.5 Å². The van der Waals surface area contributed by atoms with E-state index in [-0.39, 0.29) is 17.9 Å². The van der Waals surface area contributed by atoms with Crippen molar-refractivity contribution >= 4 is 5.91 Å². The molecule has 76 valence electrons. The van der Waals surface area contributed by atoms with E-state index < -0.39 is 0 Å². The molecule has 0 radical (unpaired) electrons. The normalized spacial score (nSPS) is 23.2. The number of ether oxygens (including phenoxy) is 1. The fraction of sp³-hybridized carbons (Fsp3) is 0.900. The fourth-order valence-corrected chi connectivity index (χ4v) is 1.48. The van der Waals surface area contributed by atoms with E-state index in [2.05, 4.69) is 0 Å². The number of rotatable bonds is 2. The van der Waals surface area contributed by atoms with Crippen LogP contribution in [0.1, 0.15) is 26.7 Å². The van der Waals surface area contributed by atoms with Crippen molar-refractivity contribution in [3.8, 4) is 0 Å². The van der Waals surface area contributed by atoms with E-state index in [0.29, 0.717) is 6.61 Å². The van der Waals surface area contributed by atoms with Crippen LogP contribution in [0.4, 0.5) is 0 Å². The Morgan fingerprint density at radius 3 is 2.69 bits per heavy atom. The molecule has 1 heterocycles. The zero-order valence-electron chi connectivity index (χ0n) is 8.75. The summed E-state index contributed by atoms with van der Waals surface area (Å²) in [5.41, 5.74) is 0. The van der Waals surface area contributed by atoms with Gasteiger partial charge in [-0.05, 0) is 26.7 Å². The van der Waals surface area contributed by atoms with Crippen molar-refractivity contribution in [2.75, 3.05) is 20.3 Å². The molecule has 0 bridgehead atoms. The Labute approximate surface area is 80.1 Å². The van der Waals surface area contributed by atoms with Gasteiger partial charge < -0.3 is 9.64 Å². The molecule has 1 aliphatic rings. The van der Waals surface area contributed by atoms with Crippen LogP contribution in [0.15, 0.2) is 0 Å². The van der Waals surface area contributed by atoms with E-state index in [4.69, 9.17) is 4.74 Å². The second-order valence-electron chi connectivity index (χ2n) is 3.96. The Balaban J connectivity index is 2.45. The second kappa shape index (κ2) is 4.61. The molecule has 0 aliphatic carbocycles. The van der Waals surface area contributed by atoms with Crippen LogP contribution in [0.3, 0.4) is 0 Å². The highest BCUT2D eigenvalue weighted by Gasteiger charge is 2.25. The summed E-state index contributed by atoms with van der Waals surface area (Å²) in [6.07, 6.45) is 2.00. The van der Waals surface area contributed by atoms with Crippen LogP contribution in [-0.4, -0.2) is 37.1 Å². The van der Waals surface area contributed by atoms with Gasteiger partial charge in [0.25, 0.3) is 0 Å². The summed E-state index contributed by atoms with van der Waals surface area (Å²) in [7, 11) is 1.86. The molecule has 1 fully saturated rings. The van der Waals surface area contributed by atoms with Crippen LogP contribution < -0.4 is 0 Å². The van der Waals surface area contributed by atoms with Crippen LogP contribution in [0.25, 0.3) is 0 Å². The average Bonchev–Trinajstić information content (AvgIpc) is 2.17. The third-order valence-electron chi connectivity index (χ3n) is 2.63. The molecule has 0 aromatic carbocycles. The van der Waals surface area contributed by atoms with Gasteiger partial charge in [0.15, 0.2) is 0 Å². The number of carbonyl (C=O) groups excluding carboxylic acids is 1. The van der Waals surface area contributed by atoms with Crippen LogP contribution in [-0.2, 0) is 9.53 Å². The zero-order valence-corrected chi connectivity index (χ0v) is 8.75. The molecule has 0 aromatic heterocycles. The van der Waals surface area contributed by atoms with Crippen molar-refractivity contribution in [1.82, 2.24) is 4.90 Å². The summed E-state index contributed by atoms with van der Waals surface area (Å²) in [6.45, 7) is 5.48. The summed E-state index contributed by atoms with van der Waals surface area (Å²) in [5, 5.41) is 0. The molecule has 3 heteroatoms. The molecule has 1 atom stereocenters. The largest absolute Gasteiger partial charge is 0.381 e. The fourth-order valence-electron chi connectivity index (χ4n) is 1.48. The summed E-state index contributed by atoms with van der Waals surface area (Å²) >= 11 is 0. The van der Waals surface area contributed by atoms with Gasteiger partial charge in [-0.2, -0.15) is 0 Å². The first-order valence-electron chi connectivity index (χ1n) is 4.97. The van der Waals surface area contributed by atoms with Gasteiger partial charge in [-0.1, -0.05) is 0 Å². The van der Waals surface area contributed by atoms with Gasteiger partial charge in [-0.15, -0.1) is 0 Å². The Morgan fingerprint density at radius 2 is 2.23 bits per heavy atom. The summed E-state index contributed by atoms with van der Waals surface area (Å²) in [5.74, 6) is 0.329. The first-order valence-corrected chi connectivity index (χ1v) is 4.97. The third kappa shape index (κ3) is 2.69. The third-order valence-corrected chi connectivity index (χ3v) is 2.63. The Bertz CT molecular complexity index is 174. The minimum atomic E-state index is 0.0983. The number of hydrogen-bond donors (Lipinski definition) is 0. The molecule has 1 aliphatic heterocycles. The lowest BCUT2D eigenvalue weighted by Crippen LogP contribution is -2.40. The molecule has 1 rings (SSSR count). The van der Waals surface area contributed by atoms with Gasteiger partial charge in [0.1, 0.15) is 0 Å². The predicted octanol–water partition coefficient (Wildman–Crippen LogP) is 1.28. The molecule has 0 aromatic rings. The van der Waals surface area contributed by atoms with Crippen molar-refractivity contribution < 1.29 is 9.53 Å². The maximum Gasteiger partial charge on any atom is 0.227 e. The summed E-state index contributed by atoms with van der Waals surface area (Å²) in [4.78, 5) is 13.6. The number of hydrogen-bond acceptors (Lipinski definition) is 2. The molecule has 0 N–H and O–H groups in total. The van der Waals surface area contributed by atoms with E-state index in [1.807, 2.05) is 20.9 Å². The van der Waals surface area contributed by atoms with Crippen molar-refractivity contribution in [1.29, 1.82) is 0 Å². The lowest BCUT2D eigenvalue weighted by atomic mass is 10.0. The highest BCUT2D eigenvalue weighted by Crippen LogP contribution is 2.16. The smallest absolute Gasteiger partial charge is 0.227 e. The lowest BCUT2D eigenvalue weighted by Gasteiger charge is -2.28. The van der Waals surface area contributed by atoms with E-state index in [1.54, 1.807) is 4.90 Å². The van der Waals surface area contributed by atoms with E-state index in [1.165, 1.54) is 0 Å². The molecular weight excluding hydrogens is 166 g/mol. The number of carbonyl (C=O) groups is 1. The van der Waals surface area contributed by atoms with E-state index >= 15 is 0 Å². The summed E-state index contributed by atoms with van der Waals surface area (Å²) in [6, 6.07) is 0.287. The minimum absolute atomic E-state index is 0.0983. The maximum atomic E-state index is 11.8. The first-order chi connectivity index (χ1) is 6.13. The summed E-state index contributed by atoms with van der Waals surface area (Å²) < 4.78 is 5.29. The predicted molar refractivity (Wildman–Crippen MR) is 51.4 cm³/mol. The quantitative estimate of drug-likeness (QED) is 0.648. The molecule has 0 spiro atoms. The van der Waals surface area contributed by atoms with Gasteiger partial charge in [-0.3, -0.25) is 4.79 Å². The first kappa shape index (κ1) is 10.5. The highest BCUT2D eigenvalue weighted by molar-refractivity contribution is 5.79. The van der Waals surface area contributed by atoms with Crippen molar-refractivity contribution in [2.45, 2.75) is 32.7 Å². The number of amides is 1. The van der Waals surface area contributed by atoms with E-state index in [9.17, 15) is 4.79 Å². The van der Waals surface area contributed by atoms with Gasteiger partial charge in [0.2, 0.25) is 5.91 Å². The van der Waals surface area contributed by atoms with Gasteiger partial charge >= 0.3 is 0 Å². The molecule has 3 nitrogen and oxygen atoms in total. The standard InChI is InChI=1S/C10H19NO2/c1-8(2)11(3)10(12)9-5-4-6-13-7-9/h8-9H,4-7H2,1-3H3. The molecule has 1 amide bonds. The van der Waals surface area contributed by atoms with Crippen molar-refractivity contribution in [3.63, 3.8) is 0 Å². The Hall–Kier alpha value is -0.570. The van der Waals surface area contributed by atoms with Gasteiger partial charge in [0, 0.05) is 19.7 Å². The zero-order chi connectivity index (χ0) is 9.84. The Morgan fingerprint density at radius 1 is 1.54 bits per heavy atom. The van der Waals surface area contributed by atoms with Crippen LogP contribution in [0.5, 0.6) is 0 Å². The number of nitrogens with zero attached hydrogens (tertiary/aromatic N) is 1. The topological polar surface area (TPSA) is 29.5 Å². The van der Waals surface area contributed by atoms with Crippen LogP contribution >= 0.6 is 0 Å². The lowest BCUT2D eigenvalue weighted by molar-refractivity contribution is -0.139. The Kier molecular flexibility index (Phi) is 3.72. The molecular formula is C10H19NO2. The monoisotopic (exact) mass is 185 g/mol. The maximum absolute atomic E-state index is 11.8. The molecule has 13 heavy (non-hydrogen) atoms. The second-order valence-corrected chi connectivity index (χ2v) is 3.96. The van der Waals surface area contributed by atoms with E-state index in [0.717, 1.165) is 19.4 Å². The average molecular weight is 185 g/mol. The van der Waals surface area contributed by atoms with Crippen molar-refractivity contribution in [2.24, 2.45) is 5.92 Å². The van der Waals surface area contributed by atoms with Crippen LogP contribution in [0.2, 0.25) is 0 Å². The van der Waals surface area contributed by atoms with Crippen LogP contribution in [0, 0.1) is 5.92 Å². The molecule has 1 saturated heterocycles. The highest BCUT2D eigenvalue weighted by atomic mass is 16.5. The van der Waals surface area contributed by atoms with Crippen molar-refractivity contribution in [3.05, 3.63) is 0 Å².